The van der Waals surface area contributed by atoms with Crippen LogP contribution in [0.2, 0.25) is 0 Å². The number of ether oxygens (including phenoxy) is 1. The minimum Gasteiger partial charge on any atom is -0.495 e. The summed E-state index contributed by atoms with van der Waals surface area (Å²) >= 11 is 0. The van der Waals surface area contributed by atoms with Crippen molar-refractivity contribution in [3.05, 3.63) is 35.9 Å². The minimum absolute atomic E-state index is 0.0772. The van der Waals surface area contributed by atoms with Gasteiger partial charge in [0.05, 0.1) is 30.7 Å². The number of anilines is 2. The fourth-order valence-electron chi connectivity index (χ4n) is 1.67. The summed E-state index contributed by atoms with van der Waals surface area (Å²) in [5.74, 6) is 0.0296. The summed E-state index contributed by atoms with van der Waals surface area (Å²) in [6, 6.07) is 2.71. The number of aromatic nitrogens is 2. The summed E-state index contributed by atoms with van der Waals surface area (Å²) < 4.78 is 18.8. The Labute approximate surface area is 104 Å². The molecule has 0 radical (unpaired) electrons. The standard InChI is InChI=1S/C12H15FN4O/c1-7(8-5-15-16-6-8)17-11-4-12(18-2)10(14)3-9(11)13/h3-7,17H,14H2,1-2H3,(H,15,16). The maximum absolute atomic E-state index is 13.7. The molecule has 5 nitrogen and oxygen atoms in total. The molecule has 0 fully saturated rings. The predicted octanol–water partition coefficient (Wildman–Crippen LogP) is 2.31. The van der Waals surface area contributed by atoms with Gasteiger partial charge in [0.25, 0.3) is 0 Å². The number of hydrogen-bond acceptors (Lipinski definition) is 4. The molecule has 0 aliphatic heterocycles. The first-order chi connectivity index (χ1) is 8.61. The predicted molar refractivity (Wildman–Crippen MR) is 68.0 cm³/mol. The Morgan fingerprint density at radius 2 is 2.28 bits per heavy atom. The molecule has 0 bridgehead atoms. The van der Waals surface area contributed by atoms with Gasteiger partial charge < -0.3 is 15.8 Å². The summed E-state index contributed by atoms with van der Waals surface area (Å²) in [5.41, 5.74) is 7.17. The van der Waals surface area contributed by atoms with E-state index in [1.165, 1.54) is 13.2 Å². The highest BCUT2D eigenvalue weighted by molar-refractivity contribution is 5.62. The van der Waals surface area contributed by atoms with Crippen molar-refractivity contribution in [3.8, 4) is 5.75 Å². The first-order valence-electron chi connectivity index (χ1n) is 5.50. The lowest BCUT2D eigenvalue weighted by Crippen LogP contribution is -2.08. The van der Waals surface area contributed by atoms with Crippen LogP contribution in [0.3, 0.4) is 0 Å². The molecule has 0 amide bonds. The summed E-state index contributed by atoms with van der Waals surface area (Å²) in [4.78, 5) is 0. The van der Waals surface area contributed by atoms with E-state index < -0.39 is 5.82 Å². The lowest BCUT2D eigenvalue weighted by Gasteiger charge is -2.16. The monoisotopic (exact) mass is 250 g/mol. The van der Waals surface area contributed by atoms with Crippen LogP contribution in [-0.4, -0.2) is 17.3 Å². The highest BCUT2D eigenvalue weighted by Crippen LogP contribution is 2.30. The van der Waals surface area contributed by atoms with Crippen LogP contribution in [0.4, 0.5) is 15.8 Å². The molecule has 1 unspecified atom stereocenters. The molecule has 1 atom stereocenters. The molecular formula is C12H15FN4O. The Morgan fingerprint density at radius 1 is 1.50 bits per heavy atom. The van der Waals surface area contributed by atoms with Gasteiger partial charge in [-0.15, -0.1) is 0 Å². The second-order valence-electron chi connectivity index (χ2n) is 3.97. The number of methoxy groups -OCH3 is 1. The summed E-state index contributed by atoms with van der Waals surface area (Å²) in [6.45, 7) is 1.91. The molecule has 96 valence electrons. The number of halogens is 1. The zero-order valence-corrected chi connectivity index (χ0v) is 10.2. The highest BCUT2D eigenvalue weighted by Gasteiger charge is 2.12. The van der Waals surface area contributed by atoms with Gasteiger partial charge in [0.15, 0.2) is 0 Å². The molecule has 6 heteroatoms. The number of nitrogens with two attached hydrogens (primary N) is 1. The van der Waals surface area contributed by atoms with E-state index in [9.17, 15) is 4.39 Å². The van der Waals surface area contributed by atoms with Crippen LogP contribution in [0, 0.1) is 5.82 Å². The molecule has 1 heterocycles. The number of benzene rings is 1. The van der Waals surface area contributed by atoms with Crippen LogP contribution in [0.15, 0.2) is 24.5 Å². The first kappa shape index (κ1) is 12.2. The summed E-state index contributed by atoms with van der Waals surface area (Å²) in [7, 11) is 1.49. The van der Waals surface area contributed by atoms with Crippen molar-refractivity contribution in [2.75, 3.05) is 18.2 Å². The van der Waals surface area contributed by atoms with E-state index >= 15 is 0 Å². The largest absolute Gasteiger partial charge is 0.495 e. The van der Waals surface area contributed by atoms with Gasteiger partial charge in [-0.25, -0.2) is 4.39 Å². The number of rotatable bonds is 4. The fraction of sp³-hybridized carbons (Fsp3) is 0.250. The second-order valence-corrected chi connectivity index (χ2v) is 3.97. The third kappa shape index (κ3) is 2.37. The van der Waals surface area contributed by atoms with Crippen LogP contribution in [0.1, 0.15) is 18.5 Å². The Bertz CT molecular complexity index is 527. The Morgan fingerprint density at radius 3 is 2.89 bits per heavy atom. The zero-order chi connectivity index (χ0) is 13.1. The van der Waals surface area contributed by atoms with E-state index in [1.807, 2.05) is 6.92 Å². The average molecular weight is 250 g/mol. The SMILES string of the molecule is COc1cc(NC(C)c2cn[nH]c2)c(F)cc1N. The quantitative estimate of drug-likeness (QED) is 0.728. The number of aromatic amines is 1. The van der Waals surface area contributed by atoms with Crippen molar-refractivity contribution in [3.63, 3.8) is 0 Å². The van der Waals surface area contributed by atoms with Gasteiger partial charge in [0.1, 0.15) is 11.6 Å². The highest BCUT2D eigenvalue weighted by atomic mass is 19.1. The van der Waals surface area contributed by atoms with E-state index in [4.69, 9.17) is 10.5 Å². The van der Waals surface area contributed by atoms with Gasteiger partial charge in [0.2, 0.25) is 0 Å². The van der Waals surface area contributed by atoms with E-state index in [0.29, 0.717) is 11.4 Å². The van der Waals surface area contributed by atoms with Gasteiger partial charge in [-0.3, -0.25) is 5.10 Å². The van der Waals surface area contributed by atoms with Crippen LogP contribution in [-0.2, 0) is 0 Å². The van der Waals surface area contributed by atoms with Gasteiger partial charge in [0, 0.05) is 23.9 Å². The van der Waals surface area contributed by atoms with Gasteiger partial charge in [-0.2, -0.15) is 5.10 Å². The minimum atomic E-state index is -0.413. The van der Waals surface area contributed by atoms with Crippen molar-refractivity contribution in [1.82, 2.24) is 10.2 Å². The molecule has 1 aromatic carbocycles. The van der Waals surface area contributed by atoms with Gasteiger partial charge >= 0.3 is 0 Å². The lowest BCUT2D eigenvalue weighted by atomic mass is 10.1. The van der Waals surface area contributed by atoms with Crippen LogP contribution < -0.4 is 15.8 Å². The van der Waals surface area contributed by atoms with Crippen molar-refractivity contribution in [1.29, 1.82) is 0 Å². The Balaban J connectivity index is 2.23. The van der Waals surface area contributed by atoms with Crippen LogP contribution in [0.25, 0.3) is 0 Å². The molecule has 0 aliphatic rings. The third-order valence-corrected chi connectivity index (χ3v) is 2.71. The Kier molecular flexibility index (Phi) is 3.36. The average Bonchev–Trinajstić information content (AvgIpc) is 2.86. The number of nitrogens with one attached hydrogen (secondary N) is 2. The zero-order valence-electron chi connectivity index (χ0n) is 10.2. The maximum atomic E-state index is 13.7. The molecule has 0 aliphatic carbocycles. The normalized spacial score (nSPS) is 12.2. The first-order valence-corrected chi connectivity index (χ1v) is 5.50. The third-order valence-electron chi connectivity index (χ3n) is 2.71. The number of H-pyrrole nitrogens is 1. The molecule has 0 saturated heterocycles. The fourth-order valence-corrected chi connectivity index (χ4v) is 1.67. The second kappa shape index (κ2) is 4.95. The van der Waals surface area contributed by atoms with Gasteiger partial charge in [-0.1, -0.05) is 0 Å². The molecular weight excluding hydrogens is 235 g/mol. The molecule has 0 spiro atoms. The van der Waals surface area contributed by atoms with Crippen LogP contribution in [0.5, 0.6) is 5.75 Å². The van der Waals surface area contributed by atoms with E-state index in [0.717, 1.165) is 5.56 Å². The maximum Gasteiger partial charge on any atom is 0.148 e. The molecule has 4 N–H and O–H groups in total. The van der Waals surface area contributed by atoms with Gasteiger partial charge in [-0.05, 0) is 6.92 Å². The van der Waals surface area contributed by atoms with E-state index in [1.54, 1.807) is 18.5 Å². The van der Waals surface area contributed by atoms with E-state index in [-0.39, 0.29) is 11.7 Å². The number of nitrogen functional groups attached to an aromatic ring is 1. The summed E-state index contributed by atoms with van der Waals surface area (Å²) in [5, 5.41) is 9.61. The Hall–Kier alpha value is -2.24. The molecule has 2 aromatic rings. The lowest BCUT2D eigenvalue weighted by molar-refractivity contribution is 0.416. The number of hydrogen-bond donors (Lipinski definition) is 3. The van der Waals surface area contributed by atoms with Crippen LogP contribution >= 0.6 is 0 Å². The molecule has 18 heavy (non-hydrogen) atoms. The molecule has 0 saturated carbocycles. The molecule has 1 aromatic heterocycles. The topological polar surface area (TPSA) is 76.0 Å². The van der Waals surface area contributed by atoms with Crippen molar-refractivity contribution >= 4 is 11.4 Å². The van der Waals surface area contributed by atoms with Crippen molar-refractivity contribution in [2.24, 2.45) is 0 Å². The van der Waals surface area contributed by atoms with Crippen molar-refractivity contribution in [2.45, 2.75) is 13.0 Å². The van der Waals surface area contributed by atoms with Crippen molar-refractivity contribution < 1.29 is 9.13 Å². The number of nitrogens with zero attached hydrogens (tertiary/aromatic N) is 1. The summed E-state index contributed by atoms with van der Waals surface area (Å²) in [6.07, 6.45) is 3.44. The molecule has 2 rings (SSSR count). The smallest absolute Gasteiger partial charge is 0.148 e. The van der Waals surface area contributed by atoms with E-state index in [2.05, 4.69) is 15.5 Å².